The number of hydrogen-bond donors (Lipinski definition) is 2. The van der Waals surface area contributed by atoms with Crippen molar-refractivity contribution in [2.45, 2.75) is 46.3 Å². The van der Waals surface area contributed by atoms with E-state index in [4.69, 9.17) is 16.3 Å². The third-order valence-electron chi connectivity index (χ3n) is 4.41. The summed E-state index contributed by atoms with van der Waals surface area (Å²) < 4.78 is 7.26. The van der Waals surface area contributed by atoms with Crippen molar-refractivity contribution in [1.82, 2.24) is 9.78 Å². The van der Waals surface area contributed by atoms with Gasteiger partial charge in [-0.1, -0.05) is 24.9 Å². The van der Waals surface area contributed by atoms with Crippen LogP contribution in [0.4, 0.5) is 11.4 Å². The van der Waals surface area contributed by atoms with Crippen LogP contribution in [0.25, 0.3) is 6.08 Å². The second kappa shape index (κ2) is 8.48. The maximum absolute atomic E-state index is 12.3. The number of amides is 2. The number of carbonyl (C=O) groups excluding carboxylic acids is 2. The third kappa shape index (κ3) is 4.36. The van der Waals surface area contributed by atoms with Gasteiger partial charge in [-0.2, -0.15) is 5.10 Å². The number of fused-ring (bicyclic) bond motifs is 1. The summed E-state index contributed by atoms with van der Waals surface area (Å²) in [7, 11) is 0. The first-order chi connectivity index (χ1) is 13.4. The van der Waals surface area contributed by atoms with Crippen LogP contribution in [-0.4, -0.2) is 27.7 Å². The Morgan fingerprint density at radius 1 is 1.46 bits per heavy atom. The van der Waals surface area contributed by atoms with Gasteiger partial charge in [0.2, 0.25) is 5.91 Å². The fourth-order valence-corrected chi connectivity index (χ4v) is 3.16. The average molecular weight is 403 g/mol. The van der Waals surface area contributed by atoms with E-state index in [0.29, 0.717) is 22.3 Å². The van der Waals surface area contributed by atoms with Gasteiger partial charge >= 0.3 is 0 Å². The predicted octanol–water partition coefficient (Wildman–Crippen LogP) is 4.02. The number of aryl methyl sites for hydroxylation is 2. The largest absolute Gasteiger partial charge is 0.479 e. The van der Waals surface area contributed by atoms with E-state index in [9.17, 15) is 9.59 Å². The second-order valence-electron chi connectivity index (χ2n) is 6.65. The highest BCUT2D eigenvalue weighted by molar-refractivity contribution is 6.31. The van der Waals surface area contributed by atoms with Crippen molar-refractivity contribution in [2.24, 2.45) is 0 Å². The van der Waals surface area contributed by atoms with Crippen molar-refractivity contribution < 1.29 is 14.3 Å². The molecule has 0 unspecified atom stereocenters. The SMILES string of the molecule is CCCCn1nc(C)c(/C=C/C(=O)Nc2ccc3c(c2)NC(=O)[C@H](C)O3)c1Cl. The molecular formula is C20H23ClN4O3. The molecule has 2 heterocycles. The van der Waals surface area contributed by atoms with E-state index in [1.807, 2.05) is 6.92 Å². The molecule has 2 aromatic rings. The number of aromatic nitrogens is 2. The number of ether oxygens (including phenoxy) is 1. The third-order valence-corrected chi connectivity index (χ3v) is 4.81. The zero-order chi connectivity index (χ0) is 20.3. The Morgan fingerprint density at radius 2 is 2.25 bits per heavy atom. The highest BCUT2D eigenvalue weighted by Crippen LogP contribution is 2.32. The van der Waals surface area contributed by atoms with Crippen LogP contribution in [0.15, 0.2) is 24.3 Å². The quantitative estimate of drug-likeness (QED) is 0.714. The molecule has 1 aromatic heterocycles. The van der Waals surface area contributed by atoms with Crippen LogP contribution in [0.3, 0.4) is 0 Å². The van der Waals surface area contributed by atoms with Gasteiger partial charge in [0, 0.05) is 23.9 Å². The molecule has 1 aromatic carbocycles. The van der Waals surface area contributed by atoms with E-state index in [0.717, 1.165) is 30.6 Å². The van der Waals surface area contributed by atoms with Crippen LogP contribution >= 0.6 is 11.6 Å². The van der Waals surface area contributed by atoms with Crippen molar-refractivity contribution in [3.8, 4) is 5.75 Å². The number of nitrogens with zero attached hydrogens (tertiary/aromatic N) is 2. The van der Waals surface area contributed by atoms with Gasteiger partial charge in [-0.25, -0.2) is 0 Å². The summed E-state index contributed by atoms with van der Waals surface area (Å²) in [6, 6.07) is 5.09. The van der Waals surface area contributed by atoms with Gasteiger partial charge in [0.1, 0.15) is 10.9 Å². The Kier molecular flexibility index (Phi) is 6.04. The van der Waals surface area contributed by atoms with Crippen molar-refractivity contribution in [2.75, 3.05) is 10.6 Å². The maximum Gasteiger partial charge on any atom is 0.265 e. The number of halogens is 1. The summed E-state index contributed by atoms with van der Waals surface area (Å²) in [6.07, 6.45) is 4.57. The summed E-state index contributed by atoms with van der Waals surface area (Å²) in [5, 5.41) is 10.5. The van der Waals surface area contributed by atoms with Gasteiger partial charge in [-0.05, 0) is 44.5 Å². The van der Waals surface area contributed by atoms with Crippen molar-refractivity contribution >= 4 is 40.9 Å². The molecule has 1 atom stereocenters. The molecule has 7 nitrogen and oxygen atoms in total. The highest BCUT2D eigenvalue weighted by Gasteiger charge is 2.23. The van der Waals surface area contributed by atoms with Crippen LogP contribution in [0.2, 0.25) is 5.15 Å². The zero-order valence-electron chi connectivity index (χ0n) is 16.1. The summed E-state index contributed by atoms with van der Waals surface area (Å²) in [5.41, 5.74) is 2.58. The predicted molar refractivity (Wildman–Crippen MR) is 110 cm³/mol. The molecule has 2 N–H and O–H groups in total. The van der Waals surface area contributed by atoms with Gasteiger partial charge in [0.25, 0.3) is 5.91 Å². The lowest BCUT2D eigenvalue weighted by Crippen LogP contribution is -2.34. The van der Waals surface area contributed by atoms with E-state index in [-0.39, 0.29) is 11.8 Å². The normalized spacial score (nSPS) is 15.9. The molecule has 3 rings (SSSR count). The lowest BCUT2D eigenvalue weighted by atomic mass is 10.2. The topological polar surface area (TPSA) is 85.3 Å². The number of nitrogens with one attached hydrogen (secondary N) is 2. The first kappa shape index (κ1) is 19.9. The molecule has 0 spiro atoms. The summed E-state index contributed by atoms with van der Waals surface area (Å²) >= 11 is 6.38. The molecule has 0 aliphatic carbocycles. The summed E-state index contributed by atoms with van der Waals surface area (Å²) in [5.74, 6) is 0.0387. The van der Waals surface area contributed by atoms with Crippen LogP contribution in [0.1, 0.15) is 37.9 Å². The lowest BCUT2D eigenvalue weighted by molar-refractivity contribution is -0.122. The number of benzene rings is 1. The Labute approximate surface area is 168 Å². The first-order valence-electron chi connectivity index (χ1n) is 9.22. The lowest BCUT2D eigenvalue weighted by Gasteiger charge is -2.23. The Hall–Kier alpha value is -2.80. The van der Waals surface area contributed by atoms with Crippen molar-refractivity contribution in [3.05, 3.63) is 40.7 Å². The minimum atomic E-state index is -0.540. The standard InChI is InChI=1S/C20H23ClN4O3/c1-4-5-10-25-19(21)15(12(2)24-25)7-9-18(26)22-14-6-8-17-16(11-14)23-20(27)13(3)28-17/h6-9,11,13H,4-5,10H2,1-3H3,(H,22,26)(H,23,27)/b9-7+/t13-/m0/s1. The molecule has 0 fully saturated rings. The maximum atomic E-state index is 12.3. The fourth-order valence-electron chi connectivity index (χ4n) is 2.84. The molecule has 1 aliphatic heterocycles. The van der Waals surface area contributed by atoms with Crippen LogP contribution in [-0.2, 0) is 16.1 Å². The van der Waals surface area contributed by atoms with Crippen molar-refractivity contribution in [3.63, 3.8) is 0 Å². The molecule has 0 saturated carbocycles. The van der Waals surface area contributed by atoms with Crippen molar-refractivity contribution in [1.29, 1.82) is 0 Å². The number of hydrogen-bond acceptors (Lipinski definition) is 4. The van der Waals surface area contributed by atoms with Gasteiger partial charge < -0.3 is 15.4 Å². The summed E-state index contributed by atoms with van der Waals surface area (Å²) in [4.78, 5) is 24.0. The molecule has 0 bridgehead atoms. The number of unbranched alkanes of at least 4 members (excludes halogenated alkanes) is 1. The molecule has 1 aliphatic rings. The van der Waals surface area contributed by atoms with E-state index in [2.05, 4.69) is 22.7 Å². The monoisotopic (exact) mass is 402 g/mol. The van der Waals surface area contributed by atoms with E-state index < -0.39 is 6.10 Å². The number of anilines is 2. The molecule has 2 amide bonds. The fraction of sp³-hybridized carbons (Fsp3) is 0.350. The Bertz CT molecular complexity index is 936. The minimum absolute atomic E-state index is 0.221. The second-order valence-corrected chi connectivity index (χ2v) is 7.01. The Balaban J connectivity index is 1.69. The molecule has 148 valence electrons. The van der Waals surface area contributed by atoms with Crippen LogP contribution in [0, 0.1) is 6.92 Å². The molecule has 0 saturated heterocycles. The molecule has 8 heteroatoms. The zero-order valence-corrected chi connectivity index (χ0v) is 16.8. The van der Waals surface area contributed by atoms with E-state index >= 15 is 0 Å². The number of rotatable bonds is 6. The first-order valence-corrected chi connectivity index (χ1v) is 9.60. The van der Waals surface area contributed by atoms with Gasteiger partial charge in [-0.3, -0.25) is 14.3 Å². The highest BCUT2D eigenvalue weighted by atomic mass is 35.5. The average Bonchev–Trinajstić information content (AvgIpc) is 2.92. The Morgan fingerprint density at radius 3 is 3.00 bits per heavy atom. The smallest absolute Gasteiger partial charge is 0.265 e. The molecular weight excluding hydrogens is 380 g/mol. The van der Waals surface area contributed by atoms with Crippen LogP contribution < -0.4 is 15.4 Å². The van der Waals surface area contributed by atoms with Gasteiger partial charge in [-0.15, -0.1) is 0 Å². The van der Waals surface area contributed by atoms with Gasteiger partial charge in [0.15, 0.2) is 6.10 Å². The molecule has 0 radical (unpaired) electrons. The van der Waals surface area contributed by atoms with E-state index in [1.165, 1.54) is 6.08 Å². The van der Waals surface area contributed by atoms with E-state index in [1.54, 1.807) is 35.9 Å². The summed E-state index contributed by atoms with van der Waals surface area (Å²) in [6.45, 7) is 6.39. The van der Waals surface area contributed by atoms with Gasteiger partial charge in [0.05, 0.1) is 11.4 Å². The number of carbonyl (C=O) groups is 2. The molecule has 28 heavy (non-hydrogen) atoms. The van der Waals surface area contributed by atoms with Crippen LogP contribution in [0.5, 0.6) is 5.75 Å². The minimum Gasteiger partial charge on any atom is -0.479 e.